The van der Waals surface area contributed by atoms with Gasteiger partial charge < -0.3 is 9.47 Å². The molecule has 1 aromatic rings. The molecule has 3 heterocycles. The molecule has 124 valence electrons. The van der Waals surface area contributed by atoms with Gasteiger partial charge >= 0.3 is 0 Å². The zero-order valence-electron chi connectivity index (χ0n) is 13.0. The monoisotopic (exact) mass is 330 g/mol. The molecule has 1 aromatic heterocycles. The molecule has 0 bridgehead atoms. The lowest BCUT2D eigenvalue weighted by atomic mass is 9.91. The summed E-state index contributed by atoms with van der Waals surface area (Å²) in [6.45, 7) is 4.19. The van der Waals surface area contributed by atoms with Crippen LogP contribution >= 0.6 is 0 Å². The van der Waals surface area contributed by atoms with E-state index < -0.39 is 10.0 Å². The zero-order chi connectivity index (χ0) is 15.8. The number of fused-ring (bicyclic) bond motifs is 1. The number of ether oxygens (including phenoxy) is 2. The van der Waals surface area contributed by atoms with Crippen molar-refractivity contribution in [2.75, 3.05) is 26.0 Å². The van der Waals surface area contributed by atoms with E-state index in [0.29, 0.717) is 45.7 Å². The van der Waals surface area contributed by atoms with Crippen molar-refractivity contribution in [1.29, 1.82) is 0 Å². The van der Waals surface area contributed by atoms with E-state index in [-0.39, 0.29) is 11.4 Å². The molecular weight excluding hydrogens is 308 g/mol. The lowest BCUT2D eigenvalue weighted by Gasteiger charge is -2.43. The lowest BCUT2D eigenvalue weighted by molar-refractivity contribution is -0.117. The number of hydrogen-bond donors (Lipinski definition) is 0. The summed E-state index contributed by atoms with van der Waals surface area (Å²) in [6.07, 6.45) is 1.37. The van der Waals surface area contributed by atoms with Gasteiger partial charge in [-0.15, -0.1) is 5.10 Å². The summed E-state index contributed by atoms with van der Waals surface area (Å²) in [4.78, 5) is 0. The fourth-order valence-corrected chi connectivity index (χ4v) is 4.20. The number of nitrogens with zero attached hydrogens (tertiary/aromatic N) is 4. The van der Waals surface area contributed by atoms with Crippen LogP contribution < -0.4 is 0 Å². The van der Waals surface area contributed by atoms with E-state index in [2.05, 4.69) is 10.3 Å². The average molecular weight is 330 g/mol. The predicted octanol–water partition coefficient (Wildman–Crippen LogP) is 0.139. The Bertz CT molecular complexity index is 634. The maximum absolute atomic E-state index is 11.9. The van der Waals surface area contributed by atoms with Gasteiger partial charge in [-0.1, -0.05) is 5.21 Å². The third-order valence-electron chi connectivity index (χ3n) is 4.54. The van der Waals surface area contributed by atoms with Crippen LogP contribution in [0.5, 0.6) is 0 Å². The third-order valence-corrected chi connectivity index (χ3v) is 6.43. The summed E-state index contributed by atoms with van der Waals surface area (Å²) in [5.41, 5.74) is 1.43. The minimum absolute atomic E-state index is 0.147. The molecule has 3 rings (SSSR count). The molecule has 9 heteroatoms. The Morgan fingerprint density at radius 3 is 2.73 bits per heavy atom. The van der Waals surface area contributed by atoms with E-state index in [1.54, 1.807) is 18.3 Å². The topological polar surface area (TPSA) is 86.6 Å². The second-order valence-electron chi connectivity index (χ2n) is 5.84. The van der Waals surface area contributed by atoms with Gasteiger partial charge in [0.15, 0.2) is 0 Å². The third kappa shape index (κ3) is 2.78. The number of hydrogen-bond acceptors (Lipinski definition) is 6. The van der Waals surface area contributed by atoms with E-state index in [1.807, 2.05) is 4.68 Å². The van der Waals surface area contributed by atoms with Crippen molar-refractivity contribution in [2.45, 2.75) is 45.1 Å². The van der Waals surface area contributed by atoms with Crippen molar-refractivity contribution in [3.05, 3.63) is 11.4 Å². The van der Waals surface area contributed by atoms with E-state index in [9.17, 15) is 8.42 Å². The quantitative estimate of drug-likeness (QED) is 0.780. The summed E-state index contributed by atoms with van der Waals surface area (Å²) in [5.74, 6) is 0.147. The highest BCUT2D eigenvalue weighted by atomic mass is 32.2. The van der Waals surface area contributed by atoms with Crippen molar-refractivity contribution >= 4 is 10.0 Å². The van der Waals surface area contributed by atoms with Gasteiger partial charge in [0.05, 0.1) is 36.8 Å². The minimum Gasteiger partial charge on any atom is -0.378 e. The van der Waals surface area contributed by atoms with E-state index in [1.165, 1.54) is 0 Å². The van der Waals surface area contributed by atoms with Crippen LogP contribution in [-0.2, 0) is 39.3 Å². The molecule has 0 aromatic carbocycles. The fraction of sp³-hybridized carbons (Fsp3) is 0.846. The predicted molar refractivity (Wildman–Crippen MR) is 78.5 cm³/mol. The highest BCUT2D eigenvalue weighted by Gasteiger charge is 2.42. The summed E-state index contributed by atoms with van der Waals surface area (Å²) in [7, 11) is -1.49. The maximum atomic E-state index is 11.9. The first-order valence-corrected chi connectivity index (χ1v) is 9.12. The molecule has 0 aliphatic carbocycles. The summed E-state index contributed by atoms with van der Waals surface area (Å²) in [6, 6.07) is 0. The Hall–Kier alpha value is -1.03. The van der Waals surface area contributed by atoms with Crippen LogP contribution in [0, 0.1) is 0 Å². The second-order valence-corrected chi connectivity index (χ2v) is 8.10. The Morgan fingerprint density at radius 2 is 2.09 bits per heavy atom. The van der Waals surface area contributed by atoms with Crippen LogP contribution in [0.4, 0.5) is 0 Å². The molecule has 0 saturated carbocycles. The standard InChI is InChI=1S/C13H22N4O4S/c1-3-22(18,19)16-6-4-13(5-7-16)10-17-12(9-21-13)11(8-20-2)14-15-17/h3-10H2,1-2H3. The Labute approximate surface area is 130 Å². The van der Waals surface area contributed by atoms with Crippen molar-refractivity contribution in [1.82, 2.24) is 19.3 Å². The van der Waals surface area contributed by atoms with Gasteiger partial charge in [0.2, 0.25) is 10.0 Å². The zero-order valence-corrected chi connectivity index (χ0v) is 13.8. The molecule has 0 radical (unpaired) electrons. The Kier molecular flexibility index (Phi) is 4.23. The second kappa shape index (κ2) is 5.88. The van der Waals surface area contributed by atoms with Gasteiger partial charge in [0, 0.05) is 20.2 Å². The molecular formula is C13H22N4O4S. The van der Waals surface area contributed by atoms with Gasteiger partial charge in [-0.2, -0.15) is 0 Å². The largest absolute Gasteiger partial charge is 0.378 e. The molecule has 0 unspecified atom stereocenters. The molecule has 22 heavy (non-hydrogen) atoms. The van der Waals surface area contributed by atoms with Crippen molar-refractivity contribution in [3.63, 3.8) is 0 Å². The number of rotatable bonds is 4. The van der Waals surface area contributed by atoms with Crippen LogP contribution in [0.15, 0.2) is 0 Å². The normalized spacial score (nSPS) is 21.9. The highest BCUT2D eigenvalue weighted by Crippen LogP contribution is 2.34. The fourth-order valence-electron chi connectivity index (χ4n) is 3.10. The number of aromatic nitrogens is 3. The van der Waals surface area contributed by atoms with E-state index in [0.717, 1.165) is 11.4 Å². The Morgan fingerprint density at radius 1 is 1.36 bits per heavy atom. The highest BCUT2D eigenvalue weighted by molar-refractivity contribution is 7.89. The first-order chi connectivity index (χ1) is 10.5. The van der Waals surface area contributed by atoms with Gasteiger partial charge in [-0.25, -0.2) is 17.4 Å². The van der Waals surface area contributed by atoms with Crippen molar-refractivity contribution in [2.24, 2.45) is 0 Å². The van der Waals surface area contributed by atoms with Gasteiger partial charge in [-0.05, 0) is 19.8 Å². The SMILES string of the molecule is CCS(=O)(=O)N1CCC2(CC1)Cn1nnc(COC)c1CO2. The molecule has 1 fully saturated rings. The smallest absolute Gasteiger partial charge is 0.213 e. The molecule has 0 amide bonds. The van der Waals surface area contributed by atoms with Crippen LogP contribution in [0.25, 0.3) is 0 Å². The lowest BCUT2D eigenvalue weighted by Crippen LogP contribution is -2.52. The van der Waals surface area contributed by atoms with Crippen LogP contribution in [0.1, 0.15) is 31.2 Å². The van der Waals surface area contributed by atoms with Crippen molar-refractivity contribution < 1.29 is 17.9 Å². The van der Waals surface area contributed by atoms with Gasteiger partial charge in [0.1, 0.15) is 5.69 Å². The van der Waals surface area contributed by atoms with Gasteiger partial charge in [-0.3, -0.25) is 0 Å². The van der Waals surface area contributed by atoms with Crippen molar-refractivity contribution in [3.8, 4) is 0 Å². The number of methoxy groups -OCH3 is 1. The first-order valence-electron chi connectivity index (χ1n) is 7.52. The molecule has 2 aliphatic rings. The summed E-state index contributed by atoms with van der Waals surface area (Å²) < 4.78 is 38.5. The van der Waals surface area contributed by atoms with E-state index in [4.69, 9.17) is 9.47 Å². The molecule has 0 N–H and O–H groups in total. The van der Waals surface area contributed by atoms with Crippen LogP contribution in [-0.4, -0.2) is 59.3 Å². The minimum atomic E-state index is -3.11. The molecule has 1 saturated heterocycles. The summed E-state index contributed by atoms with van der Waals surface area (Å²) in [5, 5.41) is 8.32. The number of piperidine rings is 1. The average Bonchev–Trinajstić information content (AvgIpc) is 2.90. The molecule has 1 spiro atoms. The van der Waals surface area contributed by atoms with Gasteiger partial charge in [0.25, 0.3) is 0 Å². The molecule has 2 aliphatic heterocycles. The van der Waals surface area contributed by atoms with Crippen LogP contribution in [0.3, 0.4) is 0 Å². The summed E-state index contributed by atoms with van der Waals surface area (Å²) >= 11 is 0. The Balaban J connectivity index is 1.70. The first kappa shape index (κ1) is 15.9. The molecule has 0 atom stereocenters. The maximum Gasteiger partial charge on any atom is 0.213 e. The number of sulfonamides is 1. The van der Waals surface area contributed by atoms with Crippen LogP contribution in [0.2, 0.25) is 0 Å². The molecule has 8 nitrogen and oxygen atoms in total. The van der Waals surface area contributed by atoms with E-state index >= 15 is 0 Å².